The van der Waals surface area contributed by atoms with Gasteiger partial charge in [-0.25, -0.2) is 0 Å². The summed E-state index contributed by atoms with van der Waals surface area (Å²) in [5, 5.41) is 1.92. The van der Waals surface area contributed by atoms with Crippen molar-refractivity contribution >= 4 is 22.6 Å². The molecule has 0 heterocycles. The maximum absolute atomic E-state index is 12.2. The Balaban J connectivity index is 1.49. The second kappa shape index (κ2) is 9.45. The van der Waals surface area contributed by atoms with Crippen molar-refractivity contribution in [2.75, 3.05) is 13.7 Å². The molecular formula is C22H22N2O5. The lowest BCUT2D eigenvalue weighted by atomic mass is 10.1. The van der Waals surface area contributed by atoms with E-state index in [-0.39, 0.29) is 6.61 Å². The predicted octanol–water partition coefficient (Wildman–Crippen LogP) is 2.84. The minimum atomic E-state index is -0.842. The molecule has 0 aliphatic carbocycles. The normalized spacial score (nSPS) is 11.4. The van der Waals surface area contributed by atoms with Gasteiger partial charge in [-0.05, 0) is 30.5 Å². The highest BCUT2D eigenvalue weighted by atomic mass is 16.5. The lowest BCUT2D eigenvalue weighted by molar-refractivity contribution is -0.133. The molecule has 1 unspecified atom stereocenters. The van der Waals surface area contributed by atoms with Crippen LogP contribution in [0.5, 0.6) is 17.2 Å². The Kier molecular flexibility index (Phi) is 6.52. The average molecular weight is 394 g/mol. The summed E-state index contributed by atoms with van der Waals surface area (Å²) in [7, 11) is 1.52. The summed E-state index contributed by atoms with van der Waals surface area (Å²) < 4.78 is 16.4. The molecule has 2 amide bonds. The molecule has 0 radical (unpaired) electrons. The number of para-hydroxylation sites is 2. The molecule has 0 aliphatic rings. The second-order valence-electron chi connectivity index (χ2n) is 6.21. The van der Waals surface area contributed by atoms with Gasteiger partial charge < -0.3 is 14.2 Å². The fourth-order valence-corrected chi connectivity index (χ4v) is 2.69. The highest BCUT2D eigenvalue weighted by molar-refractivity contribution is 5.89. The van der Waals surface area contributed by atoms with Crippen LogP contribution in [0.4, 0.5) is 0 Å². The summed E-state index contributed by atoms with van der Waals surface area (Å²) in [5.41, 5.74) is 4.65. The molecule has 0 bridgehead atoms. The Labute approximate surface area is 168 Å². The molecule has 0 aliphatic heterocycles. The van der Waals surface area contributed by atoms with Crippen LogP contribution in [0.3, 0.4) is 0 Å². The van der Waals surface area contributed by atoms with Crippen molar-refractivity contribution in [2.24, 2.45) is 0 Å². The number of rotatable bonds is 7. The first-order valence-electron chi connectivity index (χ1n) is 9.07. The SMILES string of the molecule is COc1ccccc1OC(C)C(=O)NNC(=O)COc1cccc2ccccc12. The van der Waals surface area contributed by atoms with E-state index in [0.717, 1.165) is 10.8 Å². The van der Waals surface area contributed by atoms with Gasteiger partial charge in [-0.2, -0.15) is 0 Å². The molecular weight excluding hydrogens is 372 g/mol. The van der Waals surface area contributed by atoms with E-state index >= 15 is 0 Å². The number of amides is 2. The van der Waals surface area contributed by atoms with E-state index in [2.05, 4.69) is 10.9 Å². The van der Waals surface area contributed by atoms with Gasteiger partial charge in [-0.1, -0.05) is 48.5 Å². The number of fused-ring (bicyclic) bond motifs is 1. The Morgan fingerprint density at radius 3 is 2.31 bits per heavy atom. The van der Waals surface area contributed by atoms with Crippen molar-refractivity contribution in [3.8, 4) is 17.2 Å². The molecule has 7 heteroatoms. The second-order valence-corrected chi connectivity index (χ2v) is 6.21. The van der Waals surface area contributed by atoms with Crippen LogP contribution in [0.15, 0.2) is 66.7 Å². The van der Waals surface area contributed by atoms with E-state index in [1.807, 2.05) is 36.4 Å². The number of ether oxygens (including phenoxy) is 3. The Hall–Kier alpha value is -3.74. The van der Waals surface area contributed by atoms with Crippen LogP contribution in [0.2, 0.25) is 0 Å². The number of hydrogen-bond donors (Lipinski definition) is 2. The van der Waals surface area contributed by atoms with Gasteiger partial charge in [0.2, 0.25) is 0 Å². The molecule has 0 spiro atoms. The third kappa shape index (κ3) is 5.16. The monoisotopic (exact) mass is 394 g/mol. The van der Waals surface area contributed by atoms with E-state index in [0.29, 0.717) is 17.2 Å². The molecule has 0 saturated carbocycles. The van der Waals surface area contributed by atoms with Crippen LogP contribution >= 0.6 is 0 Å². The Bertz CT molecular complexity index is 1000. The molecule has 29 heavy (non-hydrogen) atoms. The summed E-state index contributed by atoms with van der Waals surface area (Å²) in [6.45, 7) is 1.33. The number of carbonyl (C=O) groups excluding carboxylic acids is 2. The van der Waals surface area contributed by atoms with Crippen molar-refractivity contribution in [1.29, 1.82) is 0 Å². The Morgan fingerprint density at radius 2 is 1.52 bits per heavy atom. The lowest BCUT2D eigenvalue weighted by Crippen LogP contribution is -2.48. The van der Waals surface area contributed by atoms with E-state index in [9.17, 15) is 9.59 Å². The summed E-state index contributed by atoms with van der Waals surface area (Å²) in [6.07, 6.45) is -0.842. The quantitative estimate of drug-likeness (QED) is 0.602. The summed E-state index contributed by atoms with van der Waals surface area (Å²) in [6, 6.07) is 20.3. The van der Waals surface area contributed by atoms with Gasteiger partial charge in [0.15, 0.2) is 24.2 Å². The van der Waals surface area contributed by atoms with E-state index in [1.165, 1.54) is 7.11 Å². The fourth-order valence-electron chi connectivity index (χ4n) is 2.69. The summed E-state index contributed by atoms with van der Waals surface area (Å²) in [5.74, 6) is 0.547. The van der Waals surface area contributed by atoms with Crippen molar-refractivity contribution in [2.45, 2.75) is 13.0 Å². The third-order valence-electron chi connectivity index (χ3n) is 4.18. The van der Waals surface area contributed by atoms with Crippen molar-refractivity contribution in [3.05, 3.63) is 66.7 Å². The molecule has 7 nitrogen and oxygen atoms in total. The van der Waals surface area contributed by atoms with Crippen molar-refractivity contribution in [1.82, 2.24) is 10.9 Å². The van der Waals surface area contributed by atoms with E-state index in [1.54, 1.807) is 37.3 Å². The first-order valence-corrected chi connectivity index (χ1v) is 9.07. The van der Waals surface area contributed by atoms with Crippen LogP contribution in [0, 0.1) is 0 Å². The van der Waals surface area contributed by atoms with E-state index in [4.69, 9.17) is 14.2 Å². The fraction of sp³-hybridized carbons (Fsp3) is 0.182. The lowest BCUT2D eigenvalue weighted by Gasteiger charge is -2.17. The zero-order valence-electron chi connectivity index (χ0n) is 16.2. The molecule has 0 aromatic heterocycles. The molecule has 150 valence electrons. The molecule has 3 rings (SSSR count). The van der Waals surface area contributed by atoms with Crippen LogP contribution in [0.1, 0.15) is 6.92 Å². The smallest absolute Gasteiger partial charge is 0.279 e. The van der Waals surface area contributed by atoms with Gasteiger partial charge >= 0.3 is 0 Å². The van der Waals surface area contributed by atoms with Gasteiger partial charge in [0.25, 0.3) is 11.8 Å². The van der Waals surface area contributed by atoms with Gasteiger partial charge in [-0.3, -0.25) is 20.4 Å². The standard InChI is InChI=1S/C22H22N2O5/c1-15(29-20-12-6-5-11-19(20)27-2)22(26)24-23-21(25)14-28-18-13-7-9-16-8-3-4-10-17(16)18/h3-13,15H,14H2,1-2H3,(H,23,25)(H,24,26). The molecule has 3 aromatic rings. The van der Waals surface area contributed by atoms with Crippen LogP contribution in [-0.4, -0.2) is 31.6 Å². The van der Waals surface area contributed by atoms with Crippen molar-refractivity contribution < 1.29 is 23.8 Å². The minimum absolute atomic E-state index is 0.240. The average Bonchev–Trinajstić information content (AvgIpc) is 2.76. The number of nitrogens with one attached hydrogen (secondary N) is 2. The molecule has 0 saturated heterocycles. The maximum atomic E-state index is 12.2. The number of carbonyl (C=O) groups is 2. The summed E-state index contributed by atoms with van der Waals surface area (Å²) in [4.78, 5) is 24.2. The molecule has 0 fully saturated rings. The topological polar surface area (TPSA) is 85.9 Å². The van der Waals surface area contributed by atoms with Gasteiger partial charge in [0, 0.05) is 5.39 Å². The zero-order chi connectivity index (χ0) is 20.6. The summed E-state index contributed by atoms with van der Waals surface area (Å²) >= 11 is 0. The Morgan fingerprint density at radius 1 is 0.862 bits per heavy atom. The highest BCUT2D eigenvalue weighted by Gasteiger charge is 2.17. The number of methoxy groups -OCH3 is 1. The number of hydrogen-bond acceptors (Lipinski definition) is 5. The van der Waals surface area contributed by atoms with Gasteiger partial charge in [0.1, 0.15) is 5.75 Å². The first kappa shape index (κ1) is 20.0. The molecule has 3 aromatic carbocycles. The largest absolute Gasteiger partial charge is 0.493 e. The van der Waals surface area contributed by atoms with Crippen molar-refractivity contribution in [3.63, 3.8) is 0 Å². The number of benzene rings is 3. The minimum Gasteiger partial charge on any atom is -0.493 e. The van der Waals surface area contributed by atoms with Crippen LogP contribution in [0.25, 0.3) is 10.8 Å². The highest BCUT2D eigenvalue weighted by Crippen LogP contribution is 2.27. The van der Waals surface area contributed by atoms with Crippen LogP contribution < -0.4 is 25.1 Å². The molecule has 2 N–H and O–H groups in total. The molecule has 1 atom stereocenters. The number of hydrazine groups is 1. The maximum Gasteiger partial charge on any atom is 0.279 e. The third-order valence-corrected chi connectivity index (χ3v) is 4.18. The van der Waals surface area contributed by atoms with Crippen LogP contribution in [-0.2, 0) is 9.59 Å². The van der Waals surface area contributed by atoms with Gasteiger partial charge in [-0.15, -0.1) is 0 Å². The first-order chi connectivity index (χ1) is 14.1. The van der Waals surface area contributed by atoms with Gasteiger partial charge in [0.05, 0.1) is 7.11 Å². The van der Waals surface area contributed by atoms with E-state index < -0.39 is 17.9 Å². The zero-order valence-corrected chi connectivity index (χ0v) is 16.2. The predicted molar refractivity (Wildman–Crippen MR) is 109 cm³/mol.